The Morgan fingerprint density at radius 1 is 0.889 bits per heavy atom. The number of rotatable bonds is 0. The lowest BCUT2D eigenvalue weighted by Gasteiger charge is -1.52. The molecule has 3 heteroatoms. The van der Waals surface area contributed by atoms with Crippen LogP contribution in [0.25, 0.3) is 0 Å². The van der Waals surface area contributed by atoms with E-state index < -0.39 is 0 Å². The molecule has 62 valence electrons. The molecule has 0 aromatic heterocycles. The highest BCUT2D eigenvalue weighted by Crippen LogP contribution is 1.30. The van der Waals surface area contributed by atoms with Gasteiger partial charge in [0.2, 0.25) is 0 Å². The fourth-order valence-corrected chi connectivity index (χ4v) is 0. The minimum Gasteiger partial charge on any atom is -0.397 e. The Labute approximate surface area is 62.9 Å². The molecule has 0 saturated heterocycles. The highest BCUT2D eigenvalue weighted by molar-refractivity contribution is 5.75. The second-order valence-corrected chi connectivity index (χ2v) is 0.632. The molecular formula is C6H22O2Si. The van der Waals surface area contributed by atoms with Gasteiger partial charge in [0.15, 0.2) is 0 Å². The SMILES string of the molecule is CC.CCO.CCO.[SiH4]. The monoisotopic (exact) mass is 154 g/mol. The fourth-order valence-electron chi connectivity index (χ4n) is 0. The summed E-state index contributed by atoms with van der Waals surface area (Å²) in [5.41, 5.74) is 0. The predicted molar refractivity (Wildman–Crippen MR) is 48.2 cm³/mol. The van der Waals surface area contributed by atoms with Crippen LogP contribution in [0.2, 0.25) is 0 Å². The standard InChI is InChI=1S/2C2H6O.C2H6.H4Si/c2*1-2-3;1-2;/h2*3H,2H2,1H3;1-2H3;1H4. The molecule has 0 radical (unpaired) electrons. The van der Waals surface area contributed by atoms with Crippen LogP contribution in [-0.2, 0) is 0 Å². The van der Waals surface area contributed by atoms with E-state index in [2.05, 4.69) is 0 Å². The zero-order valence-corrected chi connectivity index (χ0v) is 6.31. The lowest BCUT2D eigenvalue weighted by Crippen LogP contribution is -1.57. The van der Waals surface area contributed by atoms with Crippen LogP contribution in [0.15, 0.2) is 0 Å². The van der Waals surface area contributed by atoms with Crippen molar-refractivity contribution in [1.29, 1.82) is 0 Å². The normalized spacial score (nSPS) is 4.67. The number of hydrogen-bond donors (Lipinski definition) is 2. The largest absolute Gasteiger partial charge is 0.397 e. The van der Waals surface area contributed by atoms with Crippen molar-refractivity contribution in [3.05, 3.63) is 0 Å². The maximum Gasteiger partial charge on any atom is 0.0402 e. The van der Waals surface area contributed by atoms with Crippen molar-refractivity contribution in [1.82, 2.24) is 0 Å². The van der Waals surface area contributed by atoms with Crippen molar-refractivity contribution in [2.75, 3.05) is 13.2 Å². The zero-order valence-electron chi connectivity index (χ0n) is 6.31. The van der Waals surface area contributed by atoms with Gasteiger partial charge in [-0.25, -0.2) is 0 Å². The number of hydrogen-bond acceptors (Lipinski definition) is 2. The van der Waals surface area contributed by atoms with Crippen molar-refractivity contribution >= 4 is 11.0 Å². The Hall–Kier alpha value is 0.137. The molecule has 0 spiro atoms. The molecule has 0 unspecified atom stereocenters. The van der Waals surface area contributed by atoms with Crippen LogP contribution in [0, 0.1) is 0 Å². The van der Waals surface area contributed by atoms with Crippen LogP contribution < -0.4 is 0 Å². The predicted octanol–water partition coefficient (Wildman–Crippen LogP) is -0.428. The fraction of sp³-hybridized carbons (Fsp3) is 1.00. The highest BCUT2D eigenvalue weighted by atomic mass is 28.1. The van der Waals surface area contributed by atoms with E-state index >= 15 is 0 Å². The summed E-state index contributed by atoms with van der Waals surface area (Å²) in [5, 5.41) is 15.1. The van der Waals surface area contributed by atoms with Gasteiger partial charge in [0.25, 0.3) is 0 Å². The lowest BCUT2D eigenvalue weighted by atomic mass is 10.9. The van der Waals surface area contributed by atoms with Gasteiger partial charge in [-0.2, -0.15) is 0 Å². The van der Waals surface area contributed by atoms with Gasteiger partial charge in [-0.1, -0.05) is 13.8 Å². The first-order valence-electron chi connectivity index (χ1n) is 3.05. The number of aliphatic hydroxyl groups excluding tert-OH is 2. The van der Waals surface area contributed by atoms with Crippen molar-refractivity contribution in [2.45, 2.75) is 27.7 Å². The molecule has 9 heavy (non-hydrogen) atoms. The van der Waals surface area contributed by atoms with E-state index in [1.165, 1.54) is 0 Å². The van der Waals surface area contributed by atoms with Crippen LogP contribution in [0.3, 0.4) is 0 Å². The maximum atomic E-state index is 7.57. The molecule has 0 amide bonds. The minimum absolute atomic E-state index is 0. The van der Waals surface area contributed by atoms with Crippen LogP contribution in [0.1, 0.15) is 27.7 Å². The summed E-state index contributed by atoms with van der Waals surface area (Å²) in [6, 6.07) is 0. The molecular weight excluding hydrogens is 132 g/mol. The molecule has 0 bridgehead atoms. The molecule has 0 aliphatic heterocycles. The Bertz CT molecular complexity index is 13.0. The zero-order chi connectivity index (χ0) is 7.41. The Balaban J connectivity index is -0.0000000202. The molecule has 0 aliphatic carbocycles. The van der Waals surface area contributed by atoms with Crippen molar-refractivity contribution in [2.24, 2.45) is 0 Å². The van der Waals surface area contributed by atoms with Gasteiger partial charge < -0.3 is 10.2 Å². The lowest BCUT2D eigenvalue weighted by molar-refractivity contribution is 0.318. The summed E-state index contributed by atoms with van der Waals surface area (Å²) < 4.78 is 0. The maximum absolute atomic E-state index is 7.57. The molecule has 0 saturated carbocycles. The second kappa shape index (κ2) is 90.8. The first-order chi connectivity index (χ1) is 3.83. The Morgan fingerprint density at radius 3 is 0.889 bits per heavy atom. The minimum atomic E-state index is 0. The van der Waals surface area contributed by atoms with Crippen LogP contribution in [0.4, 0.5) is 0 Å². The quantitative estimate of drug-likeness (QED) is 0.465. The Morgan fingerprint density at radius 2 is 0.889 bits per heavy atom. The highest BCUT2D eigenvalue weighted by Gasteiger charge is 1.34. The second-order valence-electron chi connectivity index (χ2n) is 0.632. The topological polar surface area (TPSA) is 40.5 Å². The van der Waals surface area contributed by atoms with Gasteiger partial charge in [-0.05, 0) is 24.8 Å². The van der Waals surface area contributed by atoms with Crippen LogP contribution in [0.5, 0.6) is 0 Å². The van der Waals surface area contributed by atoms with E-state index in [1.807, 2.05) is 13.8 Å². The van der Waals surface area contributed by atoms with Gasteiger partial charge in [-0.3, -0.25) is 0 Å². The molecule has 0 aromatic rings. The van der Waals surface area contributed by atoms with E-state index in [-0.39, 0.29) is 24.2 Å². The average Bonchev–Trinajstić information content (AvgIpc) is 1.75. The molecule has 0 aliphatic rings. The summed E-state index contributed by atoms with van der Waals surface area (Å²) in [6.45, 7) is 7.86. The summed E-state index contributed by atoms with van der Waals surface area (Å²) in [5.74, 6) is 0. The van der Waals surface area contributed by atoms with Gasteiger partial charge in [-0.15, -0.1) is 0 Å². The van der Waals surface area contributed by atoms with Crippen molar-refractivity contribution in [3.63, 3.8) is 0 Å². The van der Waals surface area contributed by atoms with E-state index in [1.54, 1.807) is 13.8 Å². The molecule has 0 rings (SSSR count). The van der Waals surface area contributed by atoms with Gasteiger partial charge in [0.05, 0.1) is 0 Å². The summed E-state index contributed by atoms with van der Waals surface area (Å²) in [6.07, 6.45) is 0. The third kappa shape index (κ3) is 16400. The molecule has 2 nitrogen and oxygen atoms in total. The first-order valence-corrected chi connectivity index (χ1v) is 3.05. The Kier molecular flexibility index (Phi) is 231. The summed E-state index contributed by atoms with van der Waals surface area (Å²) >= 11 is 0. The molecule has 0 atom stereocenters. The van der Waals surface area contributed by atoms with E-state index in [0.717, 1.165) is 0 Å². The summed E-state index contributed by atoms with van der Waals surface area (Å²) in [7, 11) is 0. The number of aliphatic hydroxyl groups is 2. The molecule has 2 N–H and O–H groups in total. The van der Waals surface area contributed by atoms with E-state index in [4.69, 9.17) is 10.2 Å². The summed E-state index contributed by atoms with van der Waals surface area (Å²) in [4.78, 5) is 0. The van der Waals surface area contributed by atoms with Gasteiger partial charge in [0.1, 0.15) is 0 Å². The van der Waals surface area contributed by atoms with E-state index in [0.29, 0.717) is 0 Å². The third-order valence-electron chi connectivity index (χ3n) is 0. The van der Waals surface area contributed by atoms with E-state index in [9.17, 15) is 0 Å². The first kappa shape index (κ1) is 22.9. The van der Waals surface area contributed by atoms with Crippen molar-refractivity contribution < 1.29 is 10.2 Å². The molecule has 0 fully saturated rings. The molecule has 0 aromatic carbocycles. The van der Waals surface area contributed by atoms with Gasteiger partial charge in [0, 0.05) is 13.2 Å². The average molecular weight is 154 g/mol. The van der Waals surface area contributed by atoms with Crippen LogP contribution >= 0.6 is 0 Å². The van der Waals surface area contributed by atoms with Crippen molar-refractivity contribution in [3.8, 4) is 0 Å². The van der Waals surface area contributed by atoms with Gasteiger partial charge >= 0.3 is 0 Å². The molecule has 0 heterocycles. The smallest absolute Gasteiger partial charge is 0.0402 e. The third-order valence-corrected chi connectivity index (χ3v) is 0. The van der Waals surface area contributed by atoms with Crippen LogP contribution in [-0.4, -0.2) is 34.4 Å².